The van der Waals surface area contributed by atoms with Gasteiger partial charge in [0.05, 0.1) is 12.1 Å². The van der Waals surface area contributed by atoms with Crippen molar-refractivity contribution in [1.82, 2.24) is 0 Å². The quantitative estimate of drug-likeness (QED) is 0.400. The Balaban J connectivity index is 2.38. The fraction of sp³-hybridized carbons (Fsp3) is 0.400. The molecular formula is C10H11N3O. The molecule has 0 bridgehead atoms. The third-order valence-electron chi connectivity index (χ3n) is 2.59. The third kappa shape index (κ3) is 1.35. The molecule has 1 aliphatic carbocycles. The van der Waals surface area contributed by atoms with Crippen molar-refractivity contribution in [2.75, 3.05) is 7.11 Å². The lowest BCUT2D eigenvalue weighted by molar-refractivity contribution is 0.0904. The molecule has 0 saturated heterocycles. The monoisotopic (exact) mass is 189 g/mol. The van der Waals surface area contributed by atoms with Crippen LogP contribution in [0.15, 0.2) is 29.4 Å². The molecule has 2 atom stereocenters. The van der Waals surface area contributed by atoms with E-state index in [2.05, 4.69) is 10.0 Å². The molecule has 14 heavy (non-hydrogen) atoms. The van der Waals surface area contributed by atoms with E-state index in [0.717, 1.165) is 12.0 Å². The van der Waals surface area contributed by atoms with Crippen LogP contribution in [0.2, 0.25) is 0 Å². The molecule has 0 N–H and O–H groups in total. The Kier molecular flexibility index (Phi) is 2.39. The predicted molar refractivity (Wildman–Crippen MR) is 52.8 cm³/mol. The van der Waals surface area contributed by atoms with Crippen molar-refractivity contribution in [2.24, 2.45) is 5.11 Å². The highest BCUT2D eigenvalue weighted by Gasteiger charge is 2.31. The van der Waals surface area contributed by atoms with Gasteiger partial charge in [-0.05, 0) is 23.1 Å². The standard InChI is InChI=1S/C10H11N3O/c1-14-10-8-5-3-2-4-7(8)6-9(10)12-13-11/h2-5,9-10H,6H2,1H3/t9-,10-/m0/s1. The van der Waals surface area contributed by atoms with Gasteiger partial charge in [-0.25, -0.2) is 0 Å². The molecule has 1 aliphatic rings. The van der Waals surface area contributed by atoms with Crippen LogP contribution >= 0.6 is 0 Å². The van der Waals surface area contributed by atoms with Gasteiger partial charge in [-0.3, -0.25) is 0 Å². The topological polar surface area (TPSA) is 58.0 Å². The zero-order chi connectivity index (χ0) is 9.97. The highest BCUT2D eigenvalue weighted by Crippen LogP contribution is 2.35. The Labute approximate surface area is 82.1 Å². The Hall–Kier alpha value is -1.51. The molecule has 0 radical (unpaired) electrons. The first-order valence-corrected chi connectivity index (χ1v) is 4.51. The van der Waals surface area contributed by atoms with Gasteiger partial charge in [0.25, 0.3) is 0 Å². The summed E-state index contributed by atoms with van der Waals surface area (Å²) in [6, 6.07) is 7.94. The lowest BCUT2D eigenvalue weighted by Gasteiger charge is -2.13. The number of azide groups is 1. The van der Waals surface area contributed by atoms with Crippen LogP contribution in [0, 0.1) is 0 Å². The maximum Gasteiger partial charge on any atom is 0.0911 e. The number of hydrogen-bond donors (Lipinski definition) is 0. The fourth-order valence-corrected chi connectivity index (χ4v) is 1.99. The Morgan fingerprint density at radius 3 is 3.00 bits per heavy atom. The number of rotatable bonds is 2. The molecule has 1 aromatic rings. The van der Waals surface area contributed by atoms with Gasteiger partial charge in [0, 0.05) is 12.0 Å². The van der Waals surface area contributed by atoms with E-state index in [-0.39, 0.29) is 12.1 Å². The van der Waals surface area contributed by atoms with Gasteiger partial charge in [-0.2, -0.15) is 0 Å². The average molecular weight is 189 g/mol. The van der Waals surface area contributed by atoms with Crippen LogP contribution in [0.25, 0.3) is 10.4 Å². The van der Waals surface area contributed by atoms with Gasteiger partial charge in [0.1, 0.15) is 0 Å². The summed E-state index contributed by atoms with van der Waals surface area (Å²) in [5.41, 5.74) is 10.8. The number of nitrogens with zero attached hydrogens (tertiary/aromatic N) is 3. The van der Waals surface area contributed by atoms with Gasteiger partial charge < -0.3 is 4.74 Å². The van der Waals surface area contributed by atoms with Crippen LogP contribution in [0.3, 0.4) is 0 Å². The molecular weight excluding hydrogens is 178 g/mol. The van der Waals surface area contributed by atoms with E-state index in [1.54, 1.807) is 7.11 Å². The predicted octanol–water partition coefficient (Wildman–Crippen LogP) is 2.61. The van der Waals surface area contributed by atoms with Gasteiger partial charge >= 0.3 is 0 Å². The molecule has 0 aliphatic heterocycles. The zero-order valence-corrected chi connectivity index (χ0v) is 7.92. The van der Waals surface area contributed by atoms with Crippen LogP contribution in [0.1, 0.15) is 17.2 Å². The summed E-state index contributed by atoms with van der Waals surface area (Å²) in [7, 11) is 1.65. The van der Waals surface area contributed by atoms with Crippen molar-refractivity contribution in [2.45, 2.75) is 18.6 Å². The van der Waals surface area contributed by atoms with E-state index in [1.807, 2.05) is 24.3 Å². The first-order valence-electron chi connectivity index (χ1n) is 4.51. The molecule has 4 nitrogen and oxygen atoms in total. The van der Waals surface area contributed by atoms with Gasteiger partial charge in [0.15, 0.2) is 0 Å². The summed E-state index contributed by atoms with van der Waals surface area (Å²) in [4.78, 5) is 2.84. The summed E-state index contributed by atoms with van der Waals surface area (Å²) in [5, 5.41) is 3.75. The number of fused-ring (bicyclic) bond motifs is 1. The summed E-state index contributed by atoms with van der Waals surface area (Å²) < 4.78 is 5.34. The average Bonchev–Trinajstić information content (AvgIpc) is 2.55. The second kappa shape index (κ2) is 3.70. The lowest BCUT2D eigenvalue weighted by atomic mass is 10.1. The van der Waals surface area contributed by atoms with E-state index in [9.17, 15) is 0 Å². The minimum atomic E-state index is -0.0950. The Bertz CT molecular complexity index is 385. The maximum absolute atomic E-state index is 8.42. The highest BCUT2D eigenvalue weighted by atomic mass is 16.5. The summed E-state index contributed by atoms with van der Waals surface area (Å²) in [6.45, 7) is 0. The minimum Gasteiger partial charge on any atom is -0.376 e. The number of ether oxygens (including phenoxy) is 1. The van der Waals surface area contributed by atoms with Gasteiger partial charge in [-0.15, -0.1) is 0 Å². The van der Waals surface area contributed by atoms with Crippen LogP contribution in [0.4, 0.5) is 0 Å². The van der Waals surface area contributed by atoms with Crippen LogP contribution in [-0.2, 0) is 11.2 Å². The number of hydrogen-bond acceptors (Lipinski definition) is 2. The van der Waals surface area contributed by atoms with Crippen molar-refractivity contribution < 1.29 is 4.74 Å². The maximum atomic E-state index is 8.42. The molecule has 1 aromatic carbocycles. The second-order valence-corrected chi connectivity index (χ2v) is 3.33. The highest BCUT2D eigenvalue weighted by molar-refractivity contribution is 5.36. The normalized spacial score (nSPS) is 24.1. The third-order valence-corrected chi connectivity index (χ3v) is 2.59. The second-order valence-electron chi connectivity index (χ2n) is 3.33. The molecule has 0 fully saturated rings. The van der Waals surface area contributed by atoms with Gasteiger partial charge in [0.2, 0.25) is 0 Å². The molecule has 0 amide bonds. The SMILES string of the molecule is CO[C@H]1c2ccccc2C[C@@H]1N=[N+]=[N-]. The van der Waals surface area contributed by atoms with Gasteiger partial charge in [-0.1, -0.05) is 29.4 Å². The molecule has 0 spiro atoms. The van der Waals surface area contributed by atoms with Crippen LogP contribution in [0.5, 0.6) is 0 Å². The molecule has 4 heteroatoms. The van der Waals surface area contributed by atoms with E-state index >= 15 is 0 Å². The number of methoxy groups -OCH3 is 1. The smallest absolute Gasteiger partial charge is 0.0911 e. The van der Waals surface area contributed by atoms with E-state index in [0.29, 0.717) is 0 Å². The Morgan fingerprint density at radius 2 is 2.29 bits per heavy atom. The molecule has 0 heterocycles. The summed E-state index contributed by atoms with van der Waals surface area (Å²) >= 11 is 0. The molecule has 72 valence electrons. The molecule has 2 rings (SSSR count). The molecule has 0 saturated carbocycles. The van der Waals surface area contributed by atoms with Crippen molar-refractivity contribution >= 4 is 0 Å². The van der Waals surface area contributed by atoms with E-state index in [1.165, 1.54) is 5.56 Å². The fourth-order valence-electron chi connectivity index (χ4n) is 1.99. The number of benzene rings is 1. The van der Waals surface area contributed by atoms with Crippen molar-refractivity contribution in [3.05, 3.63) is 45.8 Å². The minimum absolute atomic E-state index is 0.0814. The van der Waals surface area contributed by atoms with Crippen LogP contribution < -0.4 is 0 Å². The van der Waals surface area contributed by atoms with E-state index in [4.69, 9.17) is 10.3 Å². The first kappa shape index (κ1) is 9.06. The van der Waals surface area contributed by atoms with Crippen molar-refractivity contribution in [1.29, 1.82) is 0 Å². The van der Waals surface area contributed by atoms with Crippen molar-refractivity contribution in [3.8, 4) is 0 Å². The first-order chi connectivity index (χ1) is 6.86. The summed E-state index contributed by atoms with van der Waals surface area (Å²) in [6.07, 6.45) is 0.695. The molecule has 0 unspecified atom stereocenters. The van der Waals surface area contributed by atoms with E-state index < -0.39 is 0 Å². The largest absolute Gasteiger partial charge is 0.376 e. The summed E-state index contributed by atoms with van der Waals surface area (Å²) in [5.74, 6) is 0. The lowest BCUT2D eigenvalue weighted by Crippen LogP contribution is -2.12. The molecule has 0 aromatic heterocycles. The Morgan fingerprint density at radius 1 is 1.50 bits per heavy atom. The van der Waals surface area contributed by atoms with Crippen LogP contribution in [-0.4, -0.2) is 13.2 Å². The van der Waals surface area contributed by atoms with Crippen molar-refractivity contribution in [3.63, 3.8) is 0 Å². The zero-order valence-electron chi connectivity index (χ0n) is 7.92.